The molecular formula is C21H18F2N2O6. The predicted molar refractivity (Wildman–Crippen MR) is 104 cm³/mol. The van der Waals surface area contributed by atoms with E-state index in [4.69, 9.17) is 4.74 Å². The summed E-state index contributed by atoms with van der Waals surface area (Å²) in [5.74, 6) is -3.31. The predicted octanol–water partition coefficient (Wildman–Crippen LogP) is 2.76. The molecule has 1 heterocycles. The van der Waals surface area contributed by atoms with Gasteiger partial charge in [0.25, 0.3) is 17.7 Å². The van der Waals surface area contributed by atoms with Gasteiger partial charge in [-0.3, -0.25) is 19.3 Å². The quantitative estimate of drug-likeness (QED) is 0.533. The molecule has 10 heteroatoms. The van der Waals surface area contributed by atoms with Crippen LogP contribution in [0, 0.1) is 6.92 Å². The molecule has 0 aromatic heterocycles. The maximum absolute atomic E-state index is 12.6. The maximum Gasteiger partial charge on any atom is 0.387 e. The molecule has 3 rings (SSSR count). The summed E-state index contributed by atoms with van der Waals surface area (Å²) in [6.45, 7) is -0.767. The zero-order chi connectivity index (χ0) is 22.7. The van der Waals surface area contributed by atoms with E-state index >= 15 is 0 Å². The molecule has 2 aromatic rings. The number of amides is 3. The van der Waals surface area contributed by atoms with E-state index in [-0.39, 0.29) is 22.6 Å². The van der Waals surface area contributed by atoms with Crippen LogP contribution in [0.25, 0.3) is 0 Å². The average molecular weight is 432 g/mol. The van der Waals surface area contributed by atoms with Gasteiger partial charge in [0.2, 0.25) is 0 Å². The lowest BCUT2D eigenvalue weighted by molar-refractivity contribution is -0.150. The Labute approximate surface area is 175 Å². The molecule has 0 radical (unpaired) electrons. The molecule has 1 aliphatic heterocycles. The van der Waals surface area contributed by atoms with Crippen LogP contribution in [0.15, 0.2) is 42.5 Å². The fourth-order valence-electron chi connectivity index (χ4n) is 3.04. The van der Waals surface area contributed by atoms with E-state index in [1.54, 1.807) is 19.1 Å². The van der Waals surface area contributed by atoms with Gasteiger partial charge >= 0.3 is 12.6 Å². The minimum absolute atomic E-state index is 0.0346. The highest BCUT2D eigenvalue weighted by Gasteiger charge is 2.41. The third kappa shape index (κ3) is 4.68. The Balaban J connectivity index is 1.61. The molecule has 1 aliphatic rings. The first kappa shape index (κ1) is 21.9. The number of nitrogens with zero attached hydrogens (tertiary/aromatic N) is 1. The fraction of sp³-hybridized carbons (Fsp3) is 0.238. The summed E-state index contributed by atoms with van der Waals surface area (Å²) in [5, 5.41) is 2.30. The molecule has 1 atom stereocenters. The number of rotatable bonds is 7. The Bertz CT molecular complexity index is 1060. The molecule has 162 valence electrons. The lowest BCUT2D eigenvalue weighted by Gasteiger charge is -2.20. The van der Waals surface area contributed by atoms with Crippen molar-refractivity contribution < 1.29 is 37.4 Å². The van der Waals surface area contributed by atoms with Crippen LogP contribution < -0.4 is 10.1 Å². The molecule has 0 fully saturated rings. The van der Waals surface area contributed by atoms with Crippen LogP contribution in [-0.2, 0) is 14.3 Å². The second-order valence-electron chi connectivity index (χ2n) is 6.74. The normalized spacial score (nSPS) is 13.8. The van der Waals surface area contributed by atoms with E-state index < -0.39 is 43.0 Å². The van der Waals surface area contributed by atoms with Crippen LogP contribution in [0.2, 0.25) is 0 Å². The SMILES string of the molecule is Cc1ccc2c(c1)C(=O)N(C(C)C(=O)OCC(=O)Nc1ccccc1OC(F)F)C2=O. The van der Waals surface area contributed by atoms with Crippen LogP contribution in [0.5, 0.6) is 5.75 Å². The number of esters is 1. The minimum atomic E-state index is -3.08. The molecule has 3 amide bonds. The van der Waals surface area contributed by atoms with Crippen molar-refractivity contribution >= 4 is 29.4 Å². The first-order chi connectivity index (χ1) is 14.7. The average Bonchev–Trinajstić information content (AvgIpc) is 2.96. The number of benzene rings is 2. The molecule has 0 saturated heterocycles. The number of aryl methyl sites for hydroxylation is 1. The highest BCUT2D eigenvalue weighted by atomic mass is 19.3. The zero-order valence-corrected chi connectivity index (χ0v) is 16.6. The number of halogens is 2. The molecule has 0 bridgehead atoms. The monoisotopic (exact) mass is 432 g/mol. The number of fused-ring (bicyclic) bond motifs is 1. The summed E-state index contributed by atoms with van der Waals surface area (Å²) in [5.41, 5.74) is 1.12. The van der Waals surface area contributed by atoms with Crippen LogP contribution in [0.1, 0.15) is 33.2 Å². The highest BCUT2D eigenvalue weighted by Crippen LogP contribution is 2.27. The zero-order valence-electron chi connectivity index (χ0n) is 16.6. The Kier molecular flexibility index (Phi) is 6.28. The Morgan fingerprint density at radius 2 is 1.74 bits per heavy atom. The first-order valence-corrected chi connectivity index (χ1v) is 9.18. The van der Waals surface area contributed by atoms with Crippen molar-refractivity contribution in [3.05, 3.63) is 59.2 Å². The van der Waals surface area contributed by atoms with Gasteiger partial charge in [0, 0.05) is 0 Å². The molecule has 2 aromatic carbocycles. The second kappa shape index (κ2) is 8.90. The van der Waals surface area contributed by atoms with Crippen LogP contribution in [0.3, 0.4) is 0 Å². The molecule has 0 aliphatic carbocycles. The standard InChI is InChI=1S/C21H18F2N2O6/c1-11-7-8-13-14(9-11)19(28)25(18(13)27)12(2)20(29)30-10-17(26)24-15-5-3-4-6-16(15)31-21(22)23/h3-9,12,21H,10H2,1-2H3,(H,24,26). The third-order valence-corrected chi connectivity index (χ3v) is 4.52. The Hall–Kier alpha value is -3.82. The summed E-state index contributed by atoms with van der Waals surface area (Å²) < 4.78 is 34.1. The van der Waals surface area contributed by atoms with Crippen LogP contribution >= 0.6 is 0 Å². The van der Waals surface area contributed by atoms with Crippen molar-refractivity contribution in [1.82, 2.24) is 4.90 Å². The summed E-state index contributed by atoms with van der Waals surface area (Å²) in [6, 6.07) is 8.98. The third-order valence-electron chi connectivity index (χ3n) is 4.52. The molecule has 8 nitrogen and oxygen atoms in total. The molecule has 1 N–H and O–H groups in total. The van der Waals surface area contributed by atoms with Crippen molar-refractivity contribution in [2.45, 2.75) is 26.5 Å². The second-order valence-corrected chi connectivity index (χ2v) is 6.74. The first-order valence-electron chi connectivity index (χ1n) is 9.18. The summed E-state index contributed by atoms with van der Waals surface area (Å²) in [6.07, 6.45) is 0. The van der Waals surface area contributed by atoms with Crippen molar-refractivity contribution in [1.29, 1.82) is 0 Å². The number of alkyl halides is 2. The lowest BCUT2D eigenvalue weighted by Crippen LogP contribution is -2.44. The number of para-hydroxylation sites is 2. The maximum atomic E-state index is 12.6. The van der Waals surface area contributed by atoms with E-state index in [2.05, 4.69) is 10.1 Å². The number of ether oxygens (including phenoxy) is 2. The lowest BCUT2D eigenvalue weighted by atomic mass is 10.1. The number of hydrogen-bond donors (Lipinski definition) is 1. The van der Waals surface area contributed by atoms with E-state index in [1.165, 1.54) is 37.3 Å². The molecule has 1 unspecified atom stereocenters. The Morgan fingerprint density at radius 1 is 1.06 bits per heavy atom. The number of carbonyl (C=O) groups is 4. The van der Waals surface area contributed by atoms with Gasteiger partial charge in [0.05, 0.1) is 16.8 Å². The van der Waals surface area contributed by atoms with Gasteiger partial charge < -0.3 is 14.8 Å². The van der Waals surface area contributed by atoms with E-state index in [1.807, 2.05) is 0 Å². The number of anilines is 1. The number of carbonyl (C=O) groups excluding carboxylic acids is 4. The Morgan fingerprint density at radius 3 is 2.45 bits per heavy atom. The van der Waals surface area contributed by atoms with E-state index in [9.17, 15) is 28.0 Å². The fourth-order valence-corrected chi connectivity index (χ4v) is 3.04. The van der Waals surface area contributed by atoms with Crippen molar-refractivity contribution in [3.63, 3.8) is 0 Å². The van der Waals surface area contributed by atoms with Crippen molar-refractivity contribution in [2.24, 2.45) is 0 Å². The van der Waals surface area contributed by atoms with E-state index in [0.29, 0.717) is 0 Å². The smallest absolute Gasteiger partial charge is 0.387 e. The number of imide groups is 1. The molecular weight excluding hydrogens is 414 g/mol. The van der Waals surface area contributed by atoms with E-state index in [0.717, 1.165) is 10.5 Å². The van der Waals surface area contributed by atoms with Gasteiger partial charge in [-0.15, -0.1) is 0 Å². The number of hydrogen-bond acceptors (Lipinski definition) is 6. The van der Waals surface area contributed by atoms with Gasteiger partial charge in [-0.25, -0.2) is 4.79 Å². The summed E-state index contributed by atoms with van der Waals surface area (Å²) in [4.78, 5) is 50.2. The van der Waals surface area contributed by atoms with Gasteiger partial charge in [-0.05, 0) is 38.1 Å². The largest absolute Gasteiger partial charge is 0.454 e. The van der Waals surface area contributed by atoms with Gasteiger partial charge in [-0.1, -0.05) is 23.8 Å². The molecule has 31 heavy (non-hydrogen) atoms. The van der Waals surface area contributed by atoms with Crippen molar-refractivity contribution in [3.8, 4) is 5.75 Å². The molecule has 0 spiro atoms. The number of nitrogens with one attached hydrogen (secondary N) is 1. The summed E-state index contributed by atoms with van der Waals surface area (Å²) in [7, 11) is 0. The van der Waals surface area contributed by atoms with Crippen molar-refractivity contribution in [2.75, 3.05) is 11.9 Å². The highest BCUT2D eigenvalue weighted by molar-refractivity contribution is 6.22. The van der Waals surface area contributed by atoms with Crippen LogP contribution in [-0.4, -0.2) is 47.9 Å². The summed E-state index contributed by atoms with van der Waals surface area (Å²) >= 11 is 0. The van der Waals surface area contributed by atoms with Gasteiger partial charge in [0.15, 0.2) is 6.61 Å². The van der Waals surface area contributed by atoms with Gasteiger partial charge in [-0.2, -0.15) is 8.78 Å². The van der Waals surface area contributed by atoms with Gasteiger partial charge in [0.1, 0.15) is 11.8 Å². The van der Waals surface area contributed by atoms with Crippen LogP contribution in [0.4, 0.5) is 14.5 Å². The minimum Gasteiger partial charge on any atom is -0.454 e. The molecule has 0 saturated carbocycles. The topological polar surface area (TPSA) is 102 Å².